The van der Waals surface area contributed by atoms with Crippen molar-refractivity contribution < 1.29 is 18.3 Å². The molecule has 0 N–H and O–H groups in total. The number of carbonyl (C=O) groups is 1. The molecule has 0 amide bonds. The van der Waals surface area contributed by atoms with Gasteiger partial charge in [0.15, 0.2) is 0 Å². The fraction of sp³-hybridized carbons (Fsp3) is 0.875. The monoisotopic (exact) mass is 258 g/mol. The smallest absolute Gasteiger partial charge is 0.395 e. The van der Waals surface area contributed by atoms with E-state index in [0.717, 1.165) is 19.3 Å². The van der Waals surface area contributed by atoms with E-state index in [1.165, 1.54) is 0 Å². The molecular formula is C8H13BrF2O2. The highest BCUT2D eigenvalue weighted by molar-refractivity contribution is 9.10. The zero-order valence-electron chi connectivity index (χ0n) is 7.49. The third-order valence-corrected chi connectivity index (χ3v) is 1.79. The van der Waals surface area contributed by atoms with Gasteiger partial charge in [-0.2, -0.15) is 8.78 Å². The topological polar surface area (TPSA) is 26.3 Å². The van der Waals surface area contributed by atoms with Crippen LogP contribution in [0.25, 0.3) is 0 Å². The van der Waals surface area contributed by atoms with E-state index in [-0.39, 0.29) is 6.61 Å². The summed E-state index contributed by atoms with van der Waals surface area (Å²) in [4.78, 5) is 6.93. The van der Waals surface area contributed by atoms with Crippen molar-refractivity contribution in [1.82, 2.24) is 0 Å². The summed E-state index contributed by atoms with van der Waals surface area (Å²) in [7, 11) is 0. The molecule has 0 heterocycles. The molecule has 0 aliphatic rings. The first-order valence-electron chi connectivity index (χ1n) is 4.22. The van der Waals surface area contributed by atoms with Gasteiger partial charge in [-0.3, -0.25) is 0 Å². The maximum Gasteiger partial charge on any atom is 0.395 e. The van der Waals surface area contributed by atoms with Gasteiger partial charge >= 0.3 is 10.8 Å². The van der Waals surface area contributed by atoms with Gasteiger partial charge in [0.1, 0.15) is 0 Å². The average Bonchev–Trinajstić information content (AvgIpc) is 2.02. The van der Waals surface area contributed by atoms with Crippen molar-refractivity contribution in [3.8, 4) is 0 Å². The molecular weight excluding hydrogens is 246 g/mol. The zero-order valence-corrected chi connectivity index (χ0v) is 9.07. The summed E-state index contributed by atoms with van der Waals surface area (Å²) in [6, 6.07) is 0. The summed E-state index contributed by atoms with van der Waals surface area (Å²) in [5.74, 6) is -1.51. The summed E-state index contributed by atoms with van der Waals surface area (Å²) < 4.78 is 28.6. The molecule has 0 bridgehead atoms. The molecule has 0 saturated heterocycles. The van der Waals surface area contributed by atoms with E-state index in [0.29, 0.717) is 6.42 Å². The second-order valence-corrected chi connectivity index (χ2v) is 3.69. The lowest BCUT2D eigenvalue weighted by Crippen LogP contribution is -2.23. The normalized spacial score (nSPS) is 11.4. The molecule has 0 aromatic heterocycles. The lowest BCUT2D eigenvalue weighted by atomic mass is 10.2. The lowest BCUT2D eigenvalue weighted by molar-refractivity contribution is -0.159. The minimum atomic E-state index is -3.54. The Morgan fingerprint density at radius 3 is 2.46 bits per heavy atom. The Hall–Kier alpha value is -0.190. The van der Waals surface area contributed by atoms with Gasteiger partial charge in [-0.15, -0.1) is 0 Å². The van der Waals surface area contributed by atoms with Gasteiger partial charge in [-0.25, -0.2) is 4.79 Å². The maximum atomic E-state index is 12.1. The number of hydrogen-bond acceptors (Lipinski definition) is 2. The average molecular weight is 259 g/mol. The van der Waals surface area contributed by atoms with Gasteiger partial charge in [0.25, 0.3) is 0 Å². The molecule has 0 aromatic carbocycles. The largest absolute Gasteiger partial charge is 0.461 e. The predicted molar refractivity (Wildman–Crippen MR) is 49.0 cm³/mol. The molecule has 0 aromatic rings. The zero-order chi connectivity index (χ0) is 10.3. The third kappa shape index (κ3) is 6.93. The van der Waals surface area contributed by atoms with Gasteiger partial charge in [0.2, 0.25) is 0 Å². The van der Waals surface area contributed by atoms with Crippen molar-refractivity contribution in [2.45, 2.75) is 37.4 Å². The maximum absolute atomic E-state index is 12.1. The number of esters is 1. The Kier molecular flexibility index (Phi) is 6.20. The van der Waals surface area contributed by atoms with Crippen molar-refractivity contribution in [2.75, 3.05) is 6.61 Å². The molecule has 0 rings (SSSR count). The quantitative estimate of drug-likeness (QED) is 0.416. The summed E-state index contributed by atoms with van der Waals surface area (Å²) in [5, 5.41) is 0. The Bertz CT molecular complexity index is 157. The lowest BCUT2D eigenvalue weighted by Gasteiger charge is -2.07. The van der Waals surface area contributed by atoms with Crippen LogP contribution in [0.3, 0.4) is 0 Å². The van der Waals surface area contributed by atoms with E-state index in [4.69, 9.17) is 0 Å². The standard InChI is InChI=1S/C8H13BrF2O2/c1-2-3-4-5-6-13-7(12)8(9,10)11/h2-6H2,1H3. The van der Waals surface area contributed by atoms with Gasteiger partial charge in [0.05, 0.1) is 6.61 Å². The van der Waals surface area contributed by atoms with E-state index in [1.54, 1.807) is 0 Å². The fourth-order valence-corrected chi connectivity index (χ4v) is 0.890. The first kappa shape index (κ1) is 12.8. The van der Waals surface area contributed by atoms with Crippen molar-refractivity contribution >= 4 is 21.9 Å². The SMILES string of the molecule is CCCCCCOC(=O)C(F)(F)Br. The summed E-state index contributed by atoms with van der Waals surface area (Å²) in [6.45, 7) is 2.11. The molecule has 0 saturated carbocycles. The minimum Gasteiger partial charge on any atom is -0.461 e. The number of halogens is 3. The first-order chi connectivity index (χ1) is 5.98. The number of alkyl halides is 3. The fourth-order valence-electron chi connectivity index (χ4n) is 0.776. The number of carbonyl (C=O) groups excluding carboxylic acids is 1. The van der Waals surface area contributed by atoms with Crippen molar-refractivity contribution in [1.29, 1.82) is 0 Å². The van der Waals surface area contributed by atoms with Crippen LogP contribution in [0.5, 0.6) is 0 Å². The second-order valence-electron chi connectivity index (χ2n) is 2.69. The predicted octanol–water partition coefficient (Wildman–Crippen LogP) is 3.10. The third-order valence-electron chi connectivity index (χ3n) is 1.46. The van der Waals surface area contributed by atoms with E-state index in [2.05, 4.69) is 4.74 Å². The highest BCUT2D eigenvalue weighted by atomic mass is 79.9. The van der Waals surface area contributed by atoms with Crippen LogP contribution in [0.15, 0.2) is 0 Å². The Morgan fingerprint density at radius 1 is 1.38 bits per heavy atom. The molecule has 0 aliphatic carbocycles. The van der Waals surface area contributed by atoms with Crippen LogP contribution >= 0.6 is 15.9 Å². The Labute approximate surface area is 84.8 Å². The van der Waals surface area contributed by atoms with E-state index < -0.39 is 10.8 Å². The van der Waals surface area contributed by atoms with Gasteiger partial charge in [0, 0.05) is 15.9 Å². The molecule has 0 aliphatic heterocycles. The number of hydrogen-bond donors (Lipinski definition) is 0. The minimum absolute atomic E-state index is 0.0695. The summed E-state index contributed by atoms with van der Waals surface area (Å²) in [6.07, 6.45) is 3.63. The molecule has 0 unspecified atom stereocenters. The van der Waals surface area contributed by atoms with Crippen LogP contribution in [0, 0.1) is 0 Å². The van der Waals surface area contributed by atoms with Crippen LogP contribution in [0.2, 0.25) is 0 Å². The Morgan fingerprint density at radius 2 is 2.00 bits per heavy atom. The molecule has 2 nitrogen and oxygen atoms in total. The highest BCUT2D eigenvalue weighted by Crippen LogP contribution is 2.23. The number of unbranched alkanes of at least 4 members (excludes halogenated alkanes) is 3. The van der Waals surface area contributed by atoms with Crippen LogP contribution < -0.4 is 0 Å². The molecule has 0 fully saturated rings. The van der Waals surface area contributed by atoms with Crippen molar-refractivity contribution in [2.24, 2.45) is 0 Å². The summed E-state index contributed by atoms with van der Waals surface area (Å²) in [5.41, 5.74) is 0. The highest BCUT2D eigenvalue weighted by Gasteiger charge is 2.36. The van der Waals surface area contributed by atoms with Crippen LogP contribution in [-0.4, -0.2) is 17.4 Å². The molecule has 0 spiro atoms. The number of rotatable bonds is 6. The van der Waals surface area contributed by atoms with Crippen molar-refractivity contribution in [3.63, 3.8) is 0 Å². The molecule has 78 valence electrons. The van der Waals surface area contributed by atoms with E-state index >= 15 is 0 Å². The van der Waals surface area contributed by atoms with Gasteiger partial charge in [-0.05, 0) is 6.42 Å². The molecule has 0 radical (unpaired) electrons. The molecule has 5 heteroatoms. The van der Waals surface area contributed by atoms with Gasteiger partial charge in [-0.1, -0.05) is 26.2 Å². The van der Waals surface area contributed by atoms with Crippen molar-refractivity contribution in [3.05, 3.63) is 0 Å². The molecule has 0 atom stereocenters. The summed E-state index contributed by atoms with van der Waals surface area (Å²) >= 11 is 1.92. The van der Waals surface area contributed by atoms with Crippen LogP contribution in [0.4, 0.5) is 8.78 Å². The van der Waals surface area contributed by atoms with Gasteiger partial charge < -0.3 is 4.74 Å². The second kappa shape index (κ2) is 6.29. The van der Waals surface area contributed by atoms with Crippen LogP contribution in [0.1, 0.15) is 32.6 Å². The molecule has 13 heavy (non-hydrogen) atoms. The number of ether oxygens (including phenoxy) is 1. The van der Waals surface area contributed by atoms with E-state index in [1.807, 2.05) is 22.9 Å². The first-order valence-corrected chi connectivity index (χ1v) is 5.01. The Balaban J connectivity index is 3.38. The van der Waals surface area contributed by atoms with E-state index in [9.17, 15) is 13.6 Å². The van der Waals surface area contributed by atoms with Crippen LogP contribution in [-0.2, 0) is 9.53 Å².